The number of anilines is 1. The maximum atomic E-state index is 10.3. The van der Waals surface area contributed by atoms with Crippen LogP contribution < -0.4 is 15.2 Å². The lowest BCUT2D eigenvalue weighted by atomic mass is 9.93. The summed E-state index contributed by atoms with van der Waals surface area (Å²) in [6.45, 7) is 7.42. The second-order valence-corrected chi connectivity index (χ2v) is 7.66. The van der Waals surface area contributed by atoms with Gasteiger partial charge in [0.2, 0.25) is 0 Å². The van der Waals surface area contributed by atoms with E-state index in [1.54, 1.807) is 13.8 Å². The third kappa shape index (κ3) is 2.67. The van der Waals surface area contributed by atoms with Crippen molar-refractivity contribution in [3.8, 4) is 11.5 Å². The zero-order chi connectivity index (χ0) is 18.7. The Morgan fingerprint density at radius 3 is 2.00 bits per heavy atom. The average Bonchev–Trinajstić information content (AvgIpc) is 2.88. The summed E-state index contributed by atoms with van der Waals surface area (Å²) in [6, 6.07) is 15.8. The van der Waals surface area contributed by atoms with E-state index < -0.39 is 11.4 Å². The highest BCUT2D eigenvalue weighted by Gasteiger charge is 2.39. The lowest BCUT2D eigenvalue weighted by molar-refractivity contribution is -0.0680. The number of hydrogen-bond donors (Lipinski definition) is 2. The highest BCUT2D eigenvalue weighted by molar-refractivity contribution is 5.90. The summed E-state index contributed by atoms with van der Waals surface area (Å²) in [6.07, 6.45) is 0. The molecule has 26 heavy (non-hydrogen) atoms. The molecule has 1 aliphatic rings. The molecule has 1 heterocycles. The third-order valence-electron chi connectivity index (χ3n) is 4.92. The predicted octanol–water partition coefficient (Wildman–Crippen LogP) is 4.60. The second kappa shape index (κ2) is 5.39. The number of fused-ring (bicyclic) bond motifs is 2. The Kier molecular flexibility index (Phi) is 3.47. The zero-order valence-corrected chi connectivity index (χ0v) is 15.5. The summed E-state index contributed by atoms with van der Waals surface area (Å²) >= 11 is 0. The van der Waals surface area contributed by atoms with Crippen LogP contribution in [0.15, 0.2) is 48.5 Å². The van der Waals surface area contributed by atoms with E-state index in [9.17, 15) is 5.11 Å². The number of hydrogen-bond acceptors (Lipinski definition) is 4. The third-order valence-corrected chi connectivity index (χ3v) is 4.92. The molecule has 3 aromatic rings. The van der Waals surface area contributed by atoms with Gasteiger partial charge in [-0.1, -0.05) is 29.8 Å². The molecule has 0 bridgehead atoms. The first kappa shape index (κ1) is 16.7. The van der Waals surface area contributed by atoms with Crippen molar-refractivity contribution < 1.29 is 14.6 Å². The molecule has 4 heteroatoms. The molecule has 0 spiro atoms. The van der Waals surface area contributed by atoms with Crippen LogP contribution in [0.2, 0.25) is 0 Å². The fourth-order valence-electron chi connectivity index (χ4n) is 3.43. The Balaban J connectivity index is 1.79. The number of nitrogens with two attached hydrogens (primary N) is 1. The molecule has 1 atom stereocenters. The predicted molar refractivity (Wildman–Crippen MR) is 103 cm³/mol. The van der Waals surface area contributed by atoms with E-state index in [1.807, 2.05) is 55.5 Å². The average molecular weight is 349 g/mol. The second-order valence-electron chi connectivity index (χ2n) is 7.66. The van der Waals surface area contributed by atoms with Crippen molar-refractivity contribution in [2.24, 2.45) is 0 Å². The minimum absolute atomic E-state index is 0.560. The van der Waals surface area contributed by atoms with Gasteiger partial charge in [0.15, 0.2) is 11.5 Å². The van der Waals surface area contributed by atoms with Crippen molar-refractivity contribution in [1.29, 1.82) is 0 Å². The van der Waals surface area contributed by atoms with Gasteiger partial charge in [0, 0.05) is 23.7 Å². The first-order chi connectivity index (χ1) is 12.2. The fraction of sp³-hybridized carbons (Fsp3) is 0.273. The van der Waals surface area contributed by atoms with Gasteiger partial charge in [-0.25, -0.2) is 0 Å². The van der Waals surface area contributed by atoms with E-state index >= 15 is 0 Å². The molecule has 1 aliphatic heterocycles. The minimum Gasteiger partial charge on any atom is -0.445 e. The standard InChI is InChI=1S/C22H23NO3/c1-13-5-7-16(8-6-13)22(4)25-19-11-14-9-17(21(2,3)24)18(23)10-15(14)12-20(19)26-22/h5-12,24H,23H2,1-4H3. The maximum absolute atomic E-state index is 10.3. The summed E-state index contributed by atoms with van der Waals surface area (Å²) < 4.78 is 12.3. The molecule has 4 rings (SSSR count). The fourth-order valence-corrected chi connectivity index (χ4v) is 3.43. The van der Waals surface area contributed by atoms with Gasteiger partial charge >= 0.3 is 0 Å². The molecule has 1 unspecified atom stereocenters. The maximum Gasteiger partial charge on any atom is 0.275 e. The molecular formula is C22H23NO3. The van der Waals surface area contributed by atoms with Gasteiger partial charge < -0.3 is 20.3 Å². The van der Waals surface area contributed by atoms with Crippen molar-refractivity contribution in [2.75, 3.05) is 5.73 Å². The van der Waals surface area contributed by atoms with Gasteiger partial charge in [-0.05, 0) is 55.8 Å². The molecule has 0 saturated carbocycles. The lowest BCUT2D eigenvalue weighted by Gasteiger charge is -2.23. The van der Waals surface area contributed by atoms with Crippen LogP contribution in [-0.4, -0.2) is 5.11 Å². The summed E-state index contributed by atoms with van der Waals surface area (Å²) in [5, 5.41) is 12.2. The Labute approximate surface area is 153 Å². The molecule has 3 N–H and O–H groups in total. The van der Waals surface area contributed by atoms with Gasteiger partial charge in [-0.2, -0.15) is 0 Å². The van der Waals surface area contributed by atoms with E-state index in [0.717, 1.165) is 16.3 Å². The highest BCUT2D eigenvalue weighted by atomic mass is 16.7. The van der Waals surface area contributed by atoms with Crippen molar-refractivity contribution in [3.05, 3.63) is 65.2 Å². The SMILES string of the molecule is Cc1ccc(C2(C)Oc3cc4cc(N)c(C(C)(C)O)cc4cc3O2)cc1. The molecule has 3 aromatic carbocycles. The molecule has 0 fully saturated rings. The molecule has 0 aliphatic carbocycles. The number of rotatable bonds is 2. The van der Waals surface area contributed by atoms with Gasteiger partial charge in [0.05, 0.1) is 5.60 Å². The lowest BCUT2D eigenvalue weighted by Crippen LogP contribution is -2.31. The summed E-state index contributed by atoms with van der Waals surface area (Å²) in [5.41, 5.74) is 8.54. The summed E-state index contributed by atoms with van der Waals surface area (Å²) in [7, 11) is 0. The van der Waals surface area contributed by atoms with Crippen LogP contribution in [0.5, 0.6) is 11.5 Å². The molecule has 4 nitrogen and oxygen atoms in total. The van der Waals surface area contributed by atoms with Gasteiger partial charge in [0.1, 0.15) is 0 Å². The largest absolute Gasteiger partial charge is 0.445 e. The van der Waals surface area contributed by atoms with Gasteiger partial charge in [-0.3, -0.25) is 0 Å². The van der Waals surface area contributed by atoms with Crippen molar-refractivity contribution in [2.45, 2.75) is 39.1 Å². The van der Waals surface area contributed by atoms with Crippen molar-refractivity contribution >= 4 is 16.5 Å². The molecule has 0 saturated heterocycles. The monoisotopic (exact) mass is 349 g/mol. The number of benzene rings is 3. The van der Waals surface area contributed by atoms with Crippen LogP contribution in [0.4, 0.5) is 5.69 Å². The summed E-state index contributed by atoms with van der Waals surface area (Å²) in [4.78, 5) is 0. The first-order valence-electron chi connectivity index (χ1n) is 8.71. The van der Waals surface area contributed by atoms with Crippen molar-refractivity contribution in [3.63, 3.8) is 0 Å². The topological polar surface area (TPSA) is 64.7 Å². The number of aryl methyl sites for hydroxylation is 1. The molecular weight excluding hydrogens is 326 g/mol. The number of nitrogen functional groups attached to an aromatic ring is 1. The Hall–Kier alpha value is -2.72. The van der Waals surface area contributed by atoms with E-state index in [2.05, 4.69) is 6.92 Å². The Bertz CT molecular complexity index is 1000. The van der Waals surface area contributed by atoms with Crippen LogP contribution in [0.25, 0.3) is 10.8 Å². The van der Waals surface area contributed by atoms with E-state index in [1.165, 1.54) is 5.56 Å². The van der Waals surface area contributed by atoms with E-state index in [-0.39, 0.29) is 0 Å². The number of ether oxygens (including phenoxy) is 2. The van der Waals surface area contributed by atoms with Gasteiger partial charge in [0.25, 0.3) is 5.79 Å². The van der Waals surface area contributed by atoms with E-state index in [0.29, 0.717) is 22.7 Å². The Morgan fingerprint density at radius 1 is 0.923 bits per heavy atom. The summed E-state index contributed by atoms with van der Waals surface area (Å²) in [5.74, 6) is 0.515. The van der Waals surface area contributed by atoms with Crippen LogP contribution in [0.3, 0.4) is 0 Å². The van der Waals surface area contributed by atoms with Crippen LogP contribution in [-0.2, 0) is 11.4 Å². The smallest absolute Gasteiger partial charge is 0.275 e. The molecule has 0 aromatic heterocycles. The minimum atomic E-state index is -1.01. The number of aliphatic hydroxyl groups is 1. The Morgan fingerprint density at radius 2 is 1.46 bits per heavy atom. The van der Waals surface area contributed by atoms with Crippen LogP contribution in [0.1, 0.15) is 37.5 Å². The van der Waals surface area contributed by atoms with E-state index in [4.69, 9.17) is 15.2 Å². The van der Waals surface area contributed by atoms with Crippen LogP contribution >= 0.6 is 0 Å². The van der Waals surface area contributed by atoms with Gasteiger partial charge in [-0.15, -0.1) is 0 Å². The zero-order valence-electron chi connectivity index (χ0n) is 15.5. The quantitative estimate of drug-likeness (QED) is 0.664. The highest BCUT2D eigenvalue weighted by Crippen LogP contribution is 2.46. The molecule has 0 radical (unpaired) electrons. The van der Waals surface area contributed by atoms with Crippen molar-refractivity contribution in [1.82, 2.24) is 0 Å². The molecule has 0 amide bonds. The first-order valence-corrected chi connectivity index (χ1v) is 8.71. The van der Waals surface area contributed by atoms with Crippen LogP contribution in [0, 0.1) is 6.92 Å². The normalized spacial score (nSPS) is 19.1. The molecule has 134 valence electrons.